The minimum Gasteiger partial charge on any atom is -0.347 e. The van der Waals surface area contributed by atoms with Gasteiger partial charge in [0.15, 0.2) is 3.14 Å². The number of benzene rings is 2. The molecule has 0 aliphatic heterocycles. The van der Waals surface area contributed by atoms with E-state index in [0.29, 0.717) is 5.56 Å². The van der Waals surface area contributed by atoms with E-state index in [-0.39, 0.29) is 29.8 Å². The van der Waals surface area contributed by atoms with Crippen molar-refractivity contribution in [3.05, 3.63) is 91.9 Å². The highest BCUT2D eigenvalue weighted by atomic mass is 32.2. The Morgan fingerprint density at radius 1 is 1.06 bits per heavy atom. The number of amides is 2. The highest BCUT2D eigenvalue weighted by molar-refractivity contribution is 7.76. The van der Waals surface area contributed by atoms with Gasteiger partial charge in [-0.15, -0.1) is 0 Å². The molecule has 178 valence electrons. The second-order valence-corrected chi connectivity index (χ2v) is 10.7. The van der Waals surface area contributed by atoms with Gasteiger partial charge in [0, 0.05) is 18.2 Å². The van der Waals surface area contributed by atoms with Gasteiger partial charge in [-0.3, -0.25) is 9.59 Å². The second kappa shape index (κ2) is 10.9. The molecule has 0 aliphatic rings. The first-order chi connectivity index (χ1) is 16.8. The molecule has 2 aromatic carbocycles. The number of nitrogens with one attached hydrogen (secondary N) is 2. The zero-order valence-electron chi connectivity index (χ0n) is 18.7. The molecule has 2 N–H and O–H groups in total. The predicted molar refractivity (Wildman–Crippen MR) is 136 cm³/mol. The van der Waals surface area contributed by atoms with Gasteiger partial charge < -0.3 is 10.6 Å². The Labute approximate surface area is 214 Å². The first-order valence-electron chi connectivity index (χ1n) is 10.5. The van der Waals surface area contributed by atoms with Crippen LogP contribution in [0.4, 0.5) is 4.39 Å². The van der Waals surface area contributed by atoms with E-state index >= 15 is 0 Å². The first-order valence-corrected chi connectivity index (χ1v) is 12.5. The number of halogens is 1. The fraction of sp³-hybridized carbons (Fsp3) is 0.167. The number of hydrogen-bond acceptors (Lipinski definition) is 8. The lowest BCUT2D eigenvalue weighted by Crippen LogP contribution is -2.29. The zero-order valence-corrected chi connectivity index (χ0v) is 21.2. The minimum absolute atomic E-state index is 0.0617. The van der Waals surface area contributed by atoms with Crippen molar-refractivity contribution in [2.75, 3.05) is 0 Å². The van der Waals surface area contributed by atoms with Gasteiger partial charge in [-0.2, -0.15) is 4.37 Å². The highest BCUT2D eigenvalue weighted by Gasteiger charge is 2.16. The van der Waals surface area contributed by atoms with Gasteiger partial charge in [-0.1, -0.05) is 60.0 Å². The Bertz CT molecular complexity index is 1440. The summed E-state index contributed by atoms with van der Waals surface area (Å²) in [7, 11) is 0. The molecule has 2 amide bonds. The van der Waals surface area contributed by atoms with Crippen molar-refractivity contribution < 1.29 is 14.0 Å². The van der Waals surface area contributed by atoms with Crippen LogP contribution in [-0.4, -0.2) is 26.2 Å². The van der Waals surface area contributed by atoms with Crippen molar-refractivity contribution in [2.24, 2.45) is 0 Å². The maximum atomic E-state index is 13.4. The van der Waals surface area contributed by atoms with Crippen LogP contribution in [0, 0.1) is 15.9 Å². The molecular weight excluding hydrogens is 505 g/mol. The molecule has 0 radical (unpaired) electrons. The predicted octanol–water partition coefficient (Wildman–Crippen LogP) is 5.26. The molecule has 0 fully saturated rings. The molecule has 0 bridgehead atoms. The largest absolute Gasteiger partial charge is 0.347 e. The summed E-state index contributed by atoms with van der Waals surface area (Å²) in [6, 6.07) is 13.4. The lowest BCUT2D eigenvalue weighted by Gasteiger charge is -2.14. The Balaban J connectivity index is 1.38. The highest BCUT2D eigenvalue weighted by Crippen LogP contribution is 2.26. The normalized spacial score (nSPS) is 11.6. The van der Waals surface area contributed by atoms with Crippen molar-refractivity contribution >= 4 is 46.9 Å². The molecule has 1 atom stereocenters. The van der Waals surface area contributed by atoms with E-state index in [4.69, 9.17) is 12.2 Å². The van der Waals surface area contributed by atoms with Gasteiger partial charge in [-0.25, -0.2) is 14.4 Å². The number of aromatic nitrogens is 3. The van der Waals surface area contributed by atoms with E-state index in [2.05, 4.69) is 25.0 Å². The van der Waals surface area contributed by atoms with E-state index in [0.717, 1.165) is 24.8 Å². The molecular formula is C24H20FN5O2S3. The van der Waals surface area contributed by atoms with Crippen LogP contribution in [0.2, 0.25) is 0 Å². The lowest BCUT2D eigenvalue weighted by atomic mass is 10.1. The van der Waals surface area contributed by atoms with Crippen LogP contribution in [0.3, 0.4) is 0 Å². The van der Waals surface area contributed by atoms with Crippen molar-refractivity contribution in [3.8, 4) is 10.6 Å². The fourth-order valence-electron chi connectivity index (χ4n) is 3.27. The van der Waals surface area contributed by atoms with Gasteiger partial charge >= 0.3 is 0 Å². The van der Waals surface area contributed by atoms with E-state index in [9.17, 15) is 14.0 Å². The van der Waals surface area contributed by atoms with Crippen LogP contribution in [0.5, 0.6) is 0 Å². The molecule has 0 aliphatic carbocycles. The van der Waals surface area contributed by atoms with E-state index < -0.39 is 11.8 Å². The summed E-state index contributed by atoms with van der Waals surface area (Å²) in [5.41, 5.74) is 3.26. The smallest absolute Gasteiger partial charge is 0.270 e. The summed E-state index contributed by atoms with van der Waals surface area (Å²) in [6.45, 7) is 3.72. The van der Waals surface area contributed by atoms with E-state index in [1.807, 2.05) is 31.2 Å². The number of aryl methyl sites for hydroxylation is 1. The van der Waals surface area contributed by atoms with Crippen LogP contribution < -0.4 is 10.6 Å². The molecule has 0 saturated carbocycles. The number of nitrogens with zero attached hydrogens (tertiary/aromatic N) is 3. The molecule has 0 saturated heterocycles. The van der Waals surface area contributed by atoms with Crippen molar-refractivity contribution in [3.63, 3.8) is 0 Å². The molecule has 2 heterocycles. The summed E-state index contributed by atoms with van der Waals surface area (Å²) < 4.78 is 18.5. The third-order valence-corrected chi connectivity index (χ3v) is 7.37. The summed E-state index contributed by atoms with van der Waals surface area (Å²) in [4.78, 5) is 33.2. The molecule has 35 heavy (non-hydrogen) atoms. The summed E-state index contributed by atoms with van der Waals surface area (Å²) in [5, 5.41) is 6.47. The molecule has 4 rings (SSSR count). The maximum absolute atomic E-state index is 13.4. The van der Waals surface area contributed by atoms with Crippen LogP contribution in [0.25, 0.3) is 10.6 Å². The van der Waals surface area contributed by atoms with Crippen LogP contribution in [0.15, 0.2) is 54.9 Å². The summed E-state index contributed by atoms with van der Waals surface area (Å²) >= 11 is 7.90. The zero-order chi connectivity index (χ0) is 24.9. The molecule has 2 aromatic heterocycles. The lowest BCUT2D eigenvalue weighted by molar-refractivity contribution is 0.0934. The number of carbonyl (C=O) groups is 2. The van der Waals surface area contributed by atoms with Crippen LogP contribution in [0.1, 0.15) is 50.6 Å². The summed E-state index contributed by atoms with van der Waals surface area (Å²) in [5.74, 6) is -1.19. The number of hydrogen-bond donors (Lipinski definition) is 2. The summed E-state index contributed by atoms with van der Waals surface area (Å²) in [6.07, 6.45) is 1.17. The van der Waals surface area contributed by atoms with E-state index in [1.54, 1.807) is 19.1 Å². The number of carbonyl (C=O) groups excluding carboxylic acids is 2. The fourth-order valence-corrected chi connectivity index (χ4v) is 5.05. The van der Waals surface area contributed by atoms with Gasteiger partial charge in [0.1, 0.15) is 28.5 Å². The SMILES string of the molecule is Cc1cc(CNC(=O)c2cc(C(=O)N[C@@H](C)c3ccc(-c4nsc(=S)s4)cc3)ncn2)ccc1F. The number of rotatable bonds is 7. The third kappa shape index (κ3) is 6.18. The molecule has 4 aromatic rings. The molecule has 0 unspecified atom stereocenters. The average molecular weight is 526 g/mol. The standard InChI is InChI=1S/C24H20FN5O2S3/c1-13-9-15(3-8-18(13)25)11-26-21(31)19-10-20(28-12-27-19)22(32)29-14(2)16-4-6-17(7-5-16)23-30-35-24(33)34-23/h3-10,12,14H,11H2,1-2H3,(H,26,31)(H,29,32)/t14-/m0/s1. The molecule has 0 spiro atoms. The first kappa shape index (κ1) is 24.7. The Morgan fingerprint density at radius 3 is 2.43 bits per heavy atom. The van der Waals surface area contributed by atoms with E-state index in [1.165, 1.54) is 41.3 Å². The molecule has 11 heteroatoms. The molecule has 7 nitrogen and oxygen atoms in total. The third-order valence-electron chi connectivity index (χ3n) is 5.20. The quantitative estimate of drug-likeness (QED) is 0.320. The van der Waals surface area contributed by atoms with Crippen molar-refractivity contribution in [2.45, 2.75) is 26.4 Å². The van der Waals surface area contributed by atoms with Gasteiger partial charge in [0.2, 0.25) is 0 Å². The Morgan fingerprint density at radius 2 is 1.77 bits per heavy atom. The second-order valence-electron chi connectivity index (χ2n) is 7.71. The van der Waals surface area contributed by atoms with Crippen LogP contribution >= 0.6 is 35.1 Å². The maximum Gasteiger partial charge on any atom is 0.270 e. The minimum atomic E-state index is -0.461. The monoisotopic (exact) mass is 525 g/mol. The van der Waals surface area contributed by atoms with Gasteiger partial charge in [0.05, 0.1) is 6.04 Å². The Kier molecular flexibility index (Phi) is 7.69. The van der Waals surface area contributed by atoms with Gasteiger partial charge in [0.25, 0.3) is 11.8 Å². The van der Waals surface area contributed by atoms with Crippen molar-refractivity contribution in [1.82, 2.24) is 25.0 Å². The average Bonchev–Trinajstić information content (AvgIpc) is 3.31. The van der Waals surface area contributed by atoms with Gasteiger partial charge in [-0.05, 0) is 48.1 Å². The Hall–Kier alpha value is -3.41. The van der Waals surface area contributed by atoms with Crippen molar-refractivity contribution in [1.29, 1.82) is 0 Å². The topological polar surface area (TPSA) is 96.9 Å². The van der Waals surface area contributed by atoms with Crippen LogP contribution in [-0.2, 0) is 6.54 Å².